The van der Waals surface area contributed by atoms with E-state index in [-0.39, 0.29) is 12.3 Å². The quantitative estimate of drug-likeness (QED) is 0.115. The van der Waals surface area contributed by atoms with Gasteiger partial charge in [-0.1, -0.05) is 125 Å². The van der Waals surface area contributed by atoms with Gasteiger partial charge in [0.05, 0.1) is 28.6 Å². The number of para-hydroxylation sites is 1. The first-order valence-corrected chi connectivity index (χ1v) is 16.0. The fraction of sp³-hybridized carbons (Fsp3) is 0.515. The van der Waals surface area contributed by atoms with Gasteiger partial charge in [-0.05, 0) is 37.1 Å². The van der Waals surface area contributed by atoms with Crippen molar-refractivity contribution in [2.75, 3.05) is 11.9 Å². The highest BCUT2D eigenvalue weighted by atomic mass is 35.5. The molecule has 2 aromatic carbocycles. The highest BCUT2D eigenvalue weighted by molar-refractivity contribution is 7.09. The predicted octanol–water partition coefficient (Wildman–Crippen LogP) is 9.31. The number of aryl methyl sites for hydroxylation is 1. The Morgan fingerprint density at radius 2 is 1.59 bits per heavy atom. The van der Waals surface area contributed by atoms with Gasteiger partial charge in [-0.2, -0.15) is 4.57 Å². The molecule has 212 valence electrons. The van der Waals surface area contributed by atoms with Crippen molar-refractivity contribution in [2.45, 2.75) is 104 Å². The Morgan fingerprint density at radius 3 is 2.23 bits per heavy atom. The average molecular weight is 570 g/mol. The maximum atomic E-state index is 12.8. The molecule has 1 aromatic heterocycles. The number of carbonyl (C=O) groups is 1. The largest absolute Gasteiger partial charge is 0.492 e. The molecule has 0 aliphatic carbocycles. The molecular weight excluding hydrogens is 524 g/mol. The van der Waals surface area contributed by atoms with Crippen LogP contribution in [0.2, 0.25) is 5.02 Å². The smallest absolute Gasteiger partial charge is 0.228 e. The monoisotopic (exact) mass is 569 g/mol. The summed E-state index contributed by atoms with van der Waals surface area (Å²) in [5.41, 5.74) is 4.88. The molecular formula is C33H46ClN2O2S+. The van der Waals surface area contributed by atoms with Crippen LogP contribution in [0, 0.1) is 6.92 Å². The van der Waals surface area contributed by atoms with Gasteiger partial charge >= 0.3 is 0 Å². The maximum absolute atomic E-state index is 12.8. The zero-order valence-electron chi connectivity index (χ0n) is 23.9. The molecule has 0 saturated carbocycles. The number of anilines is 1. The van der Waals surface area contributed by atoms with Crippen LogP contribution in [0.1, 0.15) is 100.0 Å². The van der Waals surface area contributed by atoms with Gasteiger partial charge in [0.25, 0.3) is 0 Å². The number of thiazole rings is 1. The number of ether oxygens (including phenoxy) is 1. The molecule has 39 heavy (non-hydrogen) atoms. The molecule has 1 amide bonds. The number of halogens is 1. The number of aromatic nitrogens is 1. The van der Waals surface area contributed by atoms with Crippen LogP contribution in [0.5, 0.6) is 5.75 Å². The number of benzene rings is 2. The van der Waals surface area contributed by atoms with Crippen molar-refractivity contribution in [1.82, 2.24) is 0 Å². The lowest BCUT2D eigenvalue weighted by atomic mass is 10.1. The summed E-state index contributed by atoms with van der Waals surface area (Å²) >= 11 is 8.20. The van der Waals surface area contributed by atoms with Crippen LogP contribution in [0.15, 0.2) is 54.2 Å². The lowest BCUT2D eigenvalue weighted by molar-refractivity contribution is -0.683. The van der Waals surface area contributed by atoms with E-state index < -0.39 is 0 Å². The highest BCUT2D eigenvalue weighted by Crippen LogP contribution is 2.26. The second kappa shape index (κ2) is 18.1. The molecule has 6 heteroatoms. The maximum Gasteiger partial charge on any atom is 0.228 e. The van der Waals surface area contributed by atoms with E-state index in [2.05, 4.69) is 41.5 Å². The van der Waals surface area contributed by atoms with Gasteiger partial charge < -0.3 is 10.1 Å². The van der Waals surface area contributed by atoms with Gasteiger partial charge in [0.1, 0.15) is 5.75 Å². The summed E-state index contributed by atoms with van der Waals surface area (Å²) < 4.78 is 8.06. The third-order valence-electron chi connectivity index (χ3n) is 6.98. The Bertz CT molecular complexity index is 1130. The van der Waals surface area contributed by atoms with Gasteiger partial charge in [-0.25, -0.2) is 0 Å². The number of nitrogens with one attached hydrogen (secondary N) is 1. The van der Waals surface area contributed by atoms with Crippen molar-refractivity contribution >= 4 is 34.5 Å². The molecule has 3 rings (SSSR count). The molecule has 0 spiro atoms. The second-order valence-electron chi connectivity index (χ2n) is 10.5. The minimum atomic E-state index is -0.0600. The van der Waals surface area contributed by atoms with Gasteiger partial charge in [0.2, 0.25) is 11.4 Å². The first-order valence-electron chi connectivity index (χ1n) is 14.8. The summed E-state index contributed by atoms with van der Waals surface area (Å²) in [5, 5.41) is 3.64. The molecule has 0 bridgehead atoms. The number of nitrogens with zero attached hydrogens (tertiary/aromatic N) is 1. The molecule has 0 aliphatic heterocycles. The van der Waals surface area contributed by atoms with Crippen molar-refractivity contribution in [3.8, 4) is 5.75 Å². The third-order valence-corrected chi connectivity index (χ3v) is 8.13. The molecule has 0 unspecified atom stereocenters. The lowest BCUT2D eigenvalue weighted by Gasteiger charge is -2.11. The zero-order valence-corrected chi connectivity index (χ0v) is 25.4. The number of rotatable bonds is 19. The molecule has 0 atom stereocenters. The SMILES string of the molecule is CCCCCCCCCCCCCCOc1ccc(CC(=O)Nc2ccccc2C[n+]2csc(C)c2)cc1Cl. The van der Waals surface area contributed by atoms with E-state index in [1.54, 1.807) is 11.3 Å². The Labute approximate surface area is 244 Å². The van der Waals surface area contributed by atoms with Crippen molar-refractivity contribution in [3.63, 3.8) is 0 Å². The van der Waals surface area contributed by atoms with Crippen molar-refractivity contribution in [1.29, 1.82) is 0 Å². The van der Waals surface area contributed by atoms with Crippen LogP contribution in [-0.4, -0.2) is 12.5 Å². The molecule has 0 aliphatic rings. The van der Waals surface area contributed by atoms with Crippen LogP contribution in [0.25, 0.3) is 0 Å². The van der Waals surface area contributed by atoms with Crippen LogP contribution < -0.4 is 14.6 Å². The van der Waals surface area contributed by atoms with E-state index in [1.165, 1.54) is 75.5 Å². The van der Waals surface area contributed by atoms with Crippen molar-refractivity contribution in [2.24, 2.45) is 0 Å². The normalized spacial score (nSPS) is 11.1. The lowest BCUT2D eigenvalue weighted by Crippen LogP contribution is -2.31. The Balaban J connectivity index is 1.32. The number of amides is 1. The van der Waals surface area contributed by atoms with E-state index in [0.29, 0.717) is 17.4 Å². The van der Waals surface area contributed by atoms with E-state index >= 15 is 0 Å². The van der Waals surface area contributed by atoms with Crippen LogP contribution in [0.3, 0.4) is 0 Å². The van der Waals surface area contributed by atoms with E-state index in [0.717, 1.165) is 29.8 Å². The first kappa shape index (κ1) is 31.2. The fourth-order valence-electron chi connectivity index (χ4n) is 4.78. The van der Waals surface area contributed by atoms with E-state index in [4.69, 9.17) is 16.3 Å². The van der Waals surface area contributed by atoms with Crippen molar-refractivity contribution in [3.05, 3.63) is 75.2 Å². The summed E-state index contributed by atoms with van der Waals surface area (Å²) in [5.74, 6) is 0.632. The van der Waals surface area contributed by atoms with Gasteiger partial charge in [0, 0.05) is 5.56 Å². The van der Waals surface area contributed by atoms with Crippen LogP contribution >= 0.6 is 22.9 Å². The predicted molar refractivity (Wildman–Crippen MR) is 165 cm³/mol. The zero-order chi connectivity index (χ0) is 27.7. The van der Waals surface area contributed by atoms with Crippen LogP contribution in [-0.2, 0) is 17.8 Å². The van der Waals surface area contributed by atoms with Gasteiger partial charge in [-0.15, -0.1) is 0 Å². The summed E-state index contributed by atoms with van der Waals surface area (Å²) in [6.45, 7) is 5.76. The first-order chi connectivity index (χ1) is 19.0. The number of hydrogen-bond donors (Lipinski definition) is 1. The molecule has 0 fully saturated rings. The molecule has 1 heterocycles. The standard InChI is InChI=1S/C33H45ClN2O2S/c1-3-4-5-6-7-8-9-10-11-12-13-16-21-38-32-20-19-28(22-30(32)34)23-33(37)35-31-18-15-14-17-29(31)25-36-24-27(2)39-26-36/h14-15,17-20,22,24,26H,3-13,16,21,23,25H2,1-2H3/p+1. The summed E-state index contributed by atoms with van der Waals surface area (Å²) in [7, 11) is 0. The van der Waals surface area contributed by atoms with Gasteiger partial charge in [0.15, 0.2) is 12.7 Å². The molecule has 0 radical (unpaired) electrons. The molecule has 1 N–H and O–H groups in total. The Morgan fingerprint density at radius 1 is 0.923 bits per heavy atom. The topological polar surface area (TPSA) is 42.2 Å². The number of unbranched alkanes of at least 4 members (excludes halogenated alkanes) is 11. The second-order valence-corrected chi connectivity index (χ2v) is 12.0. The fourth-order valence-corrected chi connectivity index (χ4v) is 5.67. The summed E-state index contributed by atoms with van der Waals surface area (Å²) in [6, 6.07) is 13.6. The summed E-state index contributed by atoms with van der Waals surface area (Å²) in [4.78, 5) is 14.1. The Hall–Kier alpha value is -2.37. The van der Waals surface area contributed by atoms with E-state index in [9.17, 15) is 4.79 Å². The Kier molecular flexibility index (Phi) is 14.4. The number of carbonyl (C=O) groups excluding carboxylic acids is 1. The highest BCUT2D eigenvalue weighted by Gasteiger charge is 2.13. The van der Waals surface area contributed by atoms with Crippen molar-refractivity contribution < 1.29 is 14.1 Å². The number of hydrogen-bond acceptors (Lipinski definition) is 3. The summed E-state index contributed by atoms with van der Waals surface area (Å²) in [6.07, 6.45) is 18.3. The molecule has 3 aromatic rings. The van der Waals surface area contributed by atoms with Gasteiger partial charge in [-0.3, -0.25) is 4.79 Å². The average Bonchev–Trinajstić information content (AvgIpc) is 3.33. The minimum absolute atomic E-state index is 0.0600. The molecule has 0 saturated heterocycles. The minimum Gasteiger partial charge on any atom is -0.492 e. The van der Waals surface area contributed by atoms with Crippen LogP contribution in [0.4, 0.5) is 5.69 Å². The third kappa shape index (κ3) is 12.1. The molecule has 4 nitrogen and oxygen atoms in total. The van der Waals surface area contributed by atoms with E-state index in [1.807, 2.05) is 36.4 Å².